The van der Waals surface area contributed by atoms with Crippen LogP contribution in [0.5, 0.6) is 0 Å². The van der Waals surface area contributed by atoms with Crippen LogP contribution >= 0.6 is 0 Å². The number of rotatable bonds is 4. The Hall–Kier alpha value is -2.15. The first-order valence-electron chi connectivity index (χ1n) is 8.52. The van der Waals surface area contributed by atoms with Crippen LogP contribution in [-0.4, -0.2) is 53.8 Å². The van der Waals surface area contributed by atoms with Gasteiger partial charge in [0.05, 0.1) is 18.4 Å². The number of piperidine rings is 1. The van der Waals surface area contributed by atoms with Crippen LogP contribution in [0.1, 0.15) is 49.7 Å². The molecule has 0 aromatic carbocycles. The summed E-state index contributed by atoms with van der Waals surface area (Å²) in [5.41, 5.74) is 0.880. The number of nitrogens with one attached hydrogen (secondary N) is 1. The SMILES string of the molecule is COC(=O)c1ccc(CN2CCC(NC(=O)OC(C)(C)C)CC2)nc1. The van der Waals surface area contributed by atoms with E-state index in [1.807, 2.05) is 26.8 Å². The van der Waals surface area contributed by atoms with Crippen molar-refractivity contribution in [2.24, 2.45) is 0 Å². The van der Waals surface area contributed by atoms with Crippen molar-refractivity contribution >= 4 is 12.1 Å². The van der Waals surface area contributed by atoms with Gasteiger partial charge in [0.25, 0.3) is 0 Å². The lowest BCUT2D eigenvalue weighted by molar-refractivity contribution is 0.0476. The summed E-state index contributed by atoms with van der Waals surface area (Å²) in [6.45, 7) is 8.04. The van der Waals surface area contributed by atoms with Gasteiger partial charge in [-0.05, 0) is 45.7 Å². The highest BCUT2D eigenvalue weighted by Gasteiger charge is 2.23. The molecule has 1 aromatic heterocycles. The Morgan fingerprint density at radius 3 is 2.48 bits per heavy atom. The highest BCUT2D eigenvalue weighted by molar-refractivity contribution is 5.88. The van der Waals surface area contributed by atoms with Crippen molar-refractivity contribution in [2.75, 3.05) is 20.2 Å². The van der Waals surface area contributed by atoms with Gasteiger partial charge in [0.15, 0.2) is 0 Å². The van der Waals surface area contributed by atoms with Crippen LogP contribution in [0.2, 0.25) is 0 Å². The average molecular weight is 349 g/mol. The van der Waals surface area contributed by atoms with Gasteiger partial charge in [-0.3, -0.25) is 9.88 Å². The third-order valence-corrected chi connectivity index (χ3v) is 3.94. The molecule has 0 aliphatic carbocycles. The number of ether oxygens (including phenoxy) is 2. The second-order valence-electron chi connectivity index (χ2n) is 7.23. The smallest absolute Gasteiger partial charge is 0.407 e. The normalized spacial score (nSPS) is 16.3. The van der Waals surface area contributed by atoms with E-state index in [0.717, 1.165) is 38.2 Å². The van der Waals surface area contributed by atoms with Crippen LogP contribution < -0.4 is 5.32 Å². The summed E-state index contributed by atoms with van der Waals surface area (Å²) in [4.78, 5) is 29.8. The Labute approximate surface area is 148 Å². The second kappa shape index (κ2) is 8.29. The highest BCUT2D eigenvalue weighted by Crippen LogP contribution is 2.15. The Morgan fingerprint density at radius 1 is 1.28 bits per heavy atom. The summed E-state index contributed by atoms with van der Waals surface area (Å²) in [6, 6.07) is 3.71. The predicted octanol–water partition coefficient (Wildman–Crippen LogP) is 2.36. The van der Waals surface area contributed by atoms with Gasteiger partial charge in [-0.1, -0.05) is 0 Å². The van der Waals surface area contributed by atoms with Gasteiger partial charge in [-0.25, -0.2) is 9.59 Å². The first kappa shape index (κ1) is 19.2. The van der Waals surface area contributed by atoms with Gasteiger partial charge in [0.1, 0.15) is 5.60 Å². The molecule has 0 unspecified atom stereocenters. The molecule has 1 saturated heterocycles. The molecule has 25 heavy (non-hydrogen) atoms. The maximum absolute atomic E-state index is 11.8. The number of amides is 1. The van der Waals surface area contributed by atoms with Crippen molar-refractivity contribution in [1.29, 1.82) is 0 Å². The van der Waals surface area contributed by atoms with Gasteiger partial charge < -0.3 is 14.8 Å². The van der Waals surface area contributed by atoms with Crippen LogP contribution in [0, 0.1) is 0 Å². The van der Waals surface area contributed by atoms with Crippen molar-refractivity contribution in [3.63, 3.8) is 0 Å². The van der Waals surface area contributed by atoms with Crippen molar-refractivity contribution in [2.45, 2.75) is 51.8 Å². The number of hydrogen-bond acceptors (Lipinski definition) is 6. The Morgan fingerprint density at radius 2 is 1.96 bits per heavy atom. The maximum Gasteiger partial charge on any atom is 0.407 e. The fourth-order valence-electron chi connectivity index (χ4n) is 2.70. The lowest BCUT2D eigenvalue weighted by Crippen LogP contribution is -2.45. The van der Waals surface area contributed by atoms with E-state index in [-0.39, 0.29) is 18.1 Å². The molecule has 1 aliphatic heterocycles. The molecule has 0 saturated carbocycles. The zero-order valence-corrected chi connectivity index (χ0v) is 15.4. The summed E-state index contributed by atoms with van der Waals surface area (Å²) in [5.74, 6) is -0.381. The fraction of sp³-hybridized carbons (Fsp3) is 0.611. The summed E-state index contributed by atoms with van der Waals surface area (Å²) in [6.07, 6.45) is 2.93. The molecule has 1 aliphatic rings. The zero-order chi connectivity index (χ0) is 18.4. The molecule has 1 N–H and O–H groups in total. The van der Waals surface area contributed by atoms with Crippen LogP contribution in [0.3, 0.4) is 0 Å². The van der Waals surface area contributed by atoms with E-state index in [2.05, 4.69) is 19.9 Å². The van der Waals surface area contributed by atoms with Crippen LogP contribution in [-0.2, 0) is 16.0 Å². The Balaban J connectivity index is 1.77. The fourth-order valence-corrected chi connectivity index (χ4v) is 2.70. The molecule has 7 heteroatoms. The first-order valence-corrected chi connectivity index (χ1v) is 8.52. The average Bonchev–Trinajstić information content (AvgIpc) is 2.55. The number of likely N-dealkylation sites (tertiary alicyclic amines) is 1. The van der Waals surface area contributed by atoms with Crippen molar-refractivity contribution in [3.05, 3.63) is 29.6 Å². The van der Waals surface area contributed by atoms with Gasteiger partial charge >= 0.3 is 12.1 Å². The minimum absolute atomic E-state index is 0.140. The van der Waals surface area contributed by atoms with E-state index >= 15 is 0 Å². The number of nitrogens with zero attached hydrogens (tertiary/aromatic N) is 2. The summed E-state index contributed by atoms with van der Waals surface area (Å²) >= 11 is 0. The number of pyridine rings is 1. The van der Waals surface area contributed by atoms with Crippen molar-refractivity contribution in [3.8, 4) is 0 Å². The third kappa shape index (κ3) is 6.34. The number of esters is 1. The molecule has 138 valence electrons. The van der Waals surface area contributed by atoms with E-state index in [4.69, 9.17) is 4.74 Å². The van der Waals surface area contributed by atoms with Crippen molar-refractivity contribution in [1.82, 2.24) is 15.2 Å². The molecule has 7 nitrogen and oxygen atoms in total. The molecule has 0 bridgehead atoms. The van der Waals surface area contributed by atoms with Gasteiger partial charge in [-0.2, -0.15) is 0 Å². The van der Waals surface area contributed by atoms with E-state index in [0.29, 0.717) is 5.56 Å². The molecule has 0 atom stereocenters. The highest BCUT2D eigenvalue weighted by atomic mass is 16.6. The molecule has 1 fully saturated rings. The summed E-state index contributed by atoms with van der Waals surface area (Å²) in [7, 11) is 1.35. The van der Waals surface area contributed by atoms with E-state index in [9.17, 15) is 9.59 Å². The summed E-state index contributed by atoms with van der Waals surface area (Å²) in [5, 5.41) is 2.93. The van der Waals surface area contributed by atoms with E-state index in [1.54, 1.807) is 6.07 Å². The molecule has 2 heterocycles. The van der Waals surface area contributed by atoms with Crippen molar-refractivity contribution < 1.29 is 19.1 Å². The van der Waals surface area contributed by atoms with Crippen LogP contribution in [0.25, 0.3) is 0 Å². The quantitative estimate of drug-likeness (QED) is 0.841. The van der Waals surface area contributed by atoms with E-state index in [1.165, 1.54) is 13.3 Å². The first-order chi connectivity index (χ1) is 11.8. The minimum atomic E-state index is -0.479. The molecule has 2 rings (SSSR count). The lowest BCUT2D eigenvalue weighted by atomic mass is 10.1. The number of carbonyl (C=O) groups excluding carboxylic acids is 2. The van der Waals surface area contributed by atoms with E-state index < -0.39 is 5.60 Å². The predicted molar refractivity (Wildman–Crippen MR) is 93.2 cm³/mol. The standard InChI is InChI=1S/C18H27N3O4/c1-18(2,3)25-17(23)20-14-7-9-21(10-8-14)12-15-6-5-13(11-19-15)16(22)24-4/h5-6,11,14H,7-10,12H2,1-4H3,(H,20,23). The number of alkyl carbamates (subject to hydrolysis) is 1. The Kier molecular flexibility index (Phi) is 6.36. The van der Waals surface area contributed by atoms with Gasteiger partial charge in [0, 0.05) is 31.9 Å². The number of methoxy groups -OCH3 is 1. The summed E-state index contributed by atoms with van der Waals surface area (Å²) < 4.78 is 9.96. The molecule has 0 spiro atoms. The van der Waals surface area contributed by atoms with Crippen LogP contribution in [0.15, 0.2) is 18.3 Å². The molecular weight excluding hydrogens is 322 g/mol. The third-order valence-electron chi connectivity index (χ3n) is 3.94. The largest absolute Gasteiger partial charge is 0.465 e. The molecule has 0 radical (unpaired) electrons. The minimum Gasteiger partial charge on any atom is -0.465 e. The number of aromatic nitrogens is 1. The lowest BCUT2D eigenvalue weighted by Gasteiger charge is -2.32. The van der Waals surface area contributed by atoms with Crippen LogP contribution in [0.4, 0.5) is 4.79 Å². The number of hydrogen-bond donors (Lipinski definition) is 1. The molecule has 1 amide bonds. The molecule has 1 aromatic rings. The topological polar surface area (TPSA) is 80.8 Å². The monoisotopic (exact) mass is 349 g/mol. The second-order valence-corrected chi connectivity index (χ2v) is 7.23. The van der Waals surface area contributed by atoms with Gasteiger partial charge in [-0.15, -0.1) is 0 Å². The van der Waals surface area contributed by atoms with Gasteiger partial charge in [0.2, 0.25) is 0 Å². The zero-order valence-electron chi connectivity index (χ0n) is 15.4. The maximum atomic E-state index is 11.8. The Bertz CT molecular complexity index is 587. The molecular formula is C18H27N3O4. The number of carbonyl (C=O) groups is 2.